The van der Waals surface area contributed by atoms with Gasteiger partial charge >= 0.3 is 23.9 Å². The van der Waals surface area contributed by atoms with Gasteiger partial charge in [0.1, 0.15) is 0 Å². The summed E-state index contributed by atoms with van der Waals surface area (Å²) in [4.78, 5) is 54.2. The standard InChI is InChI=1S/C27H33N7.2C4H4O4/c1-3-17-28-25-31-26(29-18-4-2)33-27(32-25)34-19-15-23(16-20-34)30-24(21-11-7-5-8-12-21)22-13-9-6-10-14-22;2*5-3(6)1-2-4(7)8/h3-14,23-24,30H,1-2,15-20H2,(H2,28,29,31,32,33);2*1-2H,(H,5,6)(H,7,8). The van der Waals surface area contributed by atoms with Crippen LogP contribution in [0, 0.1) is 0 Å². The van der Waals surface area contributed by atoms with Crippen molar-refractivity contribution < 1.29 is 39.6 Å². The fourth-order valence-corrected chi connectivity index (χ4v) is 4.43. The Bertz CT molecular complexity index is 1470. The average molecular weight is 688 g/mol. The number of rotatable bonds is 15. The summed E-state index contributed by atoms with van der Waals surface area (Å²) in [5.41, 5.74) is 2.56. The van der Waals surface area contributed by atoms with Gasteiger partial charge in [-0.1, -0.05) is 72.8 Å². The lowest BCUT2D eigenvalue weighted by atomic mass is 9.95. The molecule has 15 heteroatoms. The lowest BCUT2D eigenvalue weighted by Gasteiger charge is -2.35. The molecule has 1 saturated heterocycles. The number of nitrogens with zero attached hydrogens (tertiary/aromatic N) is 4. The molecule has 0 radical (unpaired) electrons. The van der Waals surface area contributed by atoms with E-state index in [9.17, 15) is 19.2 Å². The predicted octanol–water partition coefficient (Wildman–Crippen LogP) is 3.84. The second kappa shape index (κ2) is 22.3. The van der Waals surface area contributed by atoms with Gasteiger partial charge in [-0.05, 0) is 24.0 Å². The summed E-state index contributed by atoms with van der Waals surface area (Å²) in [5.74, 6) is -3.25. The lowest BCUT2D eigenvalue weighted by molar-refractivity contribution is -0.134. The van der Waals surface area contributed by atoms with Gasteiger partial charge in [0.25, 0.3) is 0 Å². The summed E-state index contributed by atoms with van der Waals surface area (Å²) in [6.45, 7) is 10.4. The molecular formula is C35H41N7O8. The maximum Gasteiger partial charge on any atom is 0.328 e. The lowest BCUT2D eigenvalue weighted by Crippen LogP contribution is -2.44. The van der Waals surface area contributed by atoms with E-state index in [1.165, 1.54) is 11.1 Å². The van der Waals surface area contributed by atoms with E-state index < -0.39 is 23.9 Å². The monoisotopic (exact) mass is 687 g/mol. The molecule has 0 amide bonds. The van der Waals surface area contributed by atoms with Gasteiger partial charge in [0.05, 0.1) is 6.04 Å². The molecule has 4 rings (SSSR count). The van der Waals surface area contributed by atoms with E-state index in [0.717, 1.165) is 25.9 Å². The topological polar surface area (TPSA) is 227 Å². The van der Waals surface area contributed by atoms with Crippen LogP contribution in [-0.2, 0) is 19.2 Å². The largest absolute Gasteiger partial charge is 0.478 e. The zero-order valence-electron chi connectivity index (χ0n) is 27.3. The maximum absolute atomic E-state index is 9.55. The minimum absolute atomic E-state index is 0.167. The van der Waals surface area contributed by atoms with Crippen molar-refractivity contribution in [1.29, 1.82) is 0 Å². The Morgan fingerprint density at radius 2 is 1.06 bits per heavy atom. The number of carbonyl (C=O) groups is 4. The van der Waals surface area contributed by atoms with Crippen molar-refractivity contribution in [2.75, 3.05) is 41.7 Å². The third-order valence-electron chi connectivity index (χ3n) is 6.62. The van der Waals surface area contributed by atoms with E-state index >= 15 is 0 Å². The van der Waals surface area contributed by atoms with Crippen molar-refractivity contribution in [3.63, 3.8) is 0 Å². The van der Waals surface area contributed by atoms with Gasteiger partial charge in [-0.3, -0.25) is 0 Å². The fourth-order valence-electron chi connectivity index (χ4n) is 4.43. The molecule has 0 bridgehead atoms. The molecule has 0 atom stereocenters. The van der Waals surface area contributed by atoms with Crippen LogP contribution in [0.15, 0.2) is 110 Å². The molecule has 7 N–H and O–H groups in total. The molecule has 264 valence electrons. The highest BCUT2D eigenvalue weighted by atomic mass is 16.4. The Morgan fingerprint density at radius 1 is 0.680 bits per heavy atom. The van der Waals surface area contributed by atoms with Crippen LogP contribution in [0.5, 0.6) is 0 Å². The zero-order chi connectivity index (χ0) is 36.7. The summed E-state index contributed by atoms with van der Waals surface area (Å²) >= 11 is 0. The van der Waals surface area contributed by atoms with E-state index in [0.29, 0.717) is 61.3 Å². The molecule has 0 aliphatic carbocycles. The Hall–Kier alpha value is -6.35. The van der Waals surface area contributed by atoms with Crippen molar-refractivity contribution in [3.05, 3.63) is 121 Å². The second-order valence-corrected chi connectivity index (χ2v) is 10.3. The number of anilines is 3. The predicted molar refractivity (Wildman–Crippen MR) is 189 cm³/mol. The first-order valence-corrected chi connectivity index (χ1v) is 15.4. The van der Waals surface area contributed by atoms with Crippen LogP contribution in [0.25, 0.3) is 0 Å². The van der Waals surface area contributed by atoms with Gasteiger partial charge in [0.2, 0.25) is 17.8 Å². The van der Waals surface area contributed by atoms with Crippen molar-refractivity contribution >= 4 is 41.7 Å². The fraction of sp³-hybridized carbons (Fsp3) is 0.229. The smallest absolute Gasteiger partial charge is 0.328 e. The normalized spacial score (nSPS) is 12.6. The van der Waals surface area contributed by atoms with Gasteiger partial charge in [-0.25, -0.2) is 19.2 Å². The number of aromatic nitrogens is 3. The van der Waals surface area contributed by atoms with E-state index in [1.54, 1.807) is 12.2 Å². The number of hydrogen-bond acceptors (Lipinski definition) is 11. The van der Waals surface area contributed by atoms with Gasteiger partial charge in [0.15, 0.2) is 0 Å². The van der Waals surface area contributed by atoms with Gasteiger partial charge in [-0.15, -0.1) is 13.2 Å². The second-order valence-electron chi connectivity index (χ2n) is 10.3. The van der Waals surface area contributed by atoms with Crippen LogP contribution < -0.4 is 20.9 Å². The summed E-state index contributed by atoms with van der Waals surface area (Å²) in [6.07, 6.45) is 7.81. The molecule has 2 aromatic carbocycles. The number of carboxylic acid groups (broad SMARTS) is 4. The van der Waals surface area contributed by atoms with Crippen LogP contribution in [0.2, 0.25) is 0 Å². The van der Waals surface area contributed by atoms with Crippen LogP contribution in [0.3, 0.4) is 0 Å². The van der Waals surface area contributed by atoms with Crippen LogP contribution in [-0.4, -0.2) is 91.5 Å². The third-order valence-corrected chi connectivity index (χ3v) is 6.62. The molecular weight excluding hydrogens is 646 g/mol. The molecule has 0 unspecified atom stereocenters. The SMILES string of the molecule is C=CCNc1nc(NCC=C)nc(N2CCC(NC(c3ccccc3)c3ccccc3)CC2)n1.O=C(O)C=CC(=O)O.O=C(O)C=CC(=O)O. The van der Waals surface area contributed by atoms with Gasteiger partial charge in [-0.2, -0.15) is 15.0 Å². The first-order valence-electron chi connectivity index (χ1n) is 15.4. The van der Waals surface area contributed by atoms with E-state index in [2.05, 4.69) is 110 Å². The maximum atomic E-state index is 9.55. The number of hydrogen-bond donors (Lipinski definition) is 7. The van der Waals surface area contributed by atoms with Crippen molar-refractivity contribution in [3.8, 4) is 0 Å². The molecule has 0 saturated carbocycles. The summed E-state index contributed by atoms with van der Waals surface area (Å²) in [6, 6.07) is 21.9. The molecule has 1 aliphatic rings. The number of aliphatic carboxylic acids is 4. The quantitative estimate of drug-likeness (QED) is 0.0890. The van der Waals surface area contributed by atoms with Crippen LogP contribution in [0.1, 0.15) is 30.0 Å². The summed E-state index contributed by atoms with van der Waals surface area (Å²) in [5, 5.41) is 41.5. The first kappa shape index (κ1) is 39.8. The number of nitrogens with one attached hydrogen (secondary N) is 3. The highest BCUT2D eigenvalue weighted by molar-refractivity contribution is 5.90. The van der Waals surface area contributed by atoms with E-state index in [-0.39, 0.29) is 6.04 Å². The minimum Gasteiger partial charge on any atom is -0.478 e. The first-order chi connectivity index (χ1) is 24.0. The van der Waals surface area contributed by atoms with Crippen LogP contribution >= 0.6 is 0 Å². The van der Waals surface area contributed by atoms with Crippen molar-refractivity contribution in [2.24, 2.45) is 0 Å². The van der Waals surface area contributed by atoms with E-state index in [4.69, 9.17) is 20.4 Å². The van der Waals surface area contributed by atoms with Gasteiger partial charge < -0.3 is 41.3 Å². The molecule has 1 aromatic heterocycles. The number of carboxylic acids is 4. The Morgan fingerprint density at radius 3 is 1.40 bits per heavy atom. The molecule has 1 fully saturated rings. The highest BCUT2D eigenvalue weighted by Gasteiger charge is 2.25. The van der Waals surface area contributed by atoms with Crippen molar-refractivity contribution in [2.45, 2.75) is 24.9 Å². The number of benzene rings is 2. The molecule has 15 nitrogen and oxygen atoms in total. The van der Waals surface area contributed by atoms with Crippen molar-refractivity contribution in [1.82, 2.24) is 20.3 Å². The Labute approximate surface area is 289 Å². The molecule has 1 aliphatic heterocycles. The summed E-state index contributed by atoms with van der Waals surface area (Å²) < 4.78 is 0. The highest BCUT2D eigenvalue weighted by Crippen LogP contribution is 2.26. The Balaban J connectivity index is 0.000000450. The average Bonchev–Trinajstić information content (AvgIpc) is 3.12. The molecule has 3 aromatic rings. The van der Waals surface area contributed by atoms with Crippen LogP contribution in [0.4, 0.5) is 17.8 Å². The zero-order valence-corrected chi connectivity index (χ0v) is 27.3. The molecule has 0 spiro atoms. The minimum atomic E-state index is -1.26. The third kappa shape index (κ3) is 16.0. The molecule has 50 heavy (non-hydrogen) atoms. The summed E-state index contributed by atoms with van der Waals surface area (Å²) in [7, 11) is 0. The molecule has 2 heterocycles. The van der Waals surface area contributed by atoms with Gasteiger partial charge in [0, 0.05) is 56.5 Å². The van der Waals surface area contributed by atoms with E-state index in [1.807, 2.05) is 0 Å². The Kier molecular flexibility index (Phi) is 17.7. The number of piperidine rings is 1.